The van der Waals surface area contributed by atoms with E-state index in [9.17, 15) is 14.7 Å². The highest BCUT2D eigenvalue weighted by molar-refractivity contribution is 6.06. The SMILES string of the molecule is Cc1cccc(C)c1OCC(O)CN1C(=O)CC2(CCCCC2)C1=O. The number of benzene rings is 1. The van der Waals surface area contributed by atoms with Crippen LogP contribution in [0.25, 0.3) is 0 Å². The van der Waals surface area contributed by atoms with Gasteiger partial charge >= 0.3 is 0 Å². The summed E-state index contributed by atoms with van der Waals surface area (Å²) in [5.74, 6) is 0.505. The van der Waals surface area contributed by atoms with E-state index in [1.165, 1.54) is 4.90 Å². The van der Waals surface area contributed by atoms with Crippen LogP contribution in [0.1, 0.15) is 49.7 Å². The lowest BCUT2D eigenvalue weighted by Crippen LogP contribution is -2.42. The smallest absolute Gasteiger partial charge is 0.235 e. The number of ether oxygens (including phenoxy) is 1. The molecule has 1 aromatic rings. The maximum Gasteiger partial charge on any atom is 0.235 e. The monoisotopic (exact) mass is 345 g/mol. The van der Waals surface area contributed by atoms with Crippen molar-refractivity contribution in [2.75, 3.05) is 13.2 Å². The number of carbonyl (C=O) groups excluding carboxylic acids is 2. The maximum atomic E-state index is 12.8. The first kappa shape index (κ1) is 17.9. The fourth-order valence-electron chi connectivity index (χ4n) is 4.13. The molecule has 5 heteroatoms. The van der Waals surface area contributed by atoms with Crippen molar-refractivity contribution in [1.29, 1.82) is 0 Å². The van der Waals surface area contributed by atoms with E-state index < -0.39 is 11.5 Å². The molecule has 1 aliphatic carbocycles. The van der Waals surface area contributed by atoms with Crippen LogP contribution in [0.5, 0.6) is 5.75 Å². The van der Waals surface area contributed by atoms with Gasteiger partial charge in [0.25, 0.3) is 0 Å². The van der Waals surface area contributed by atoms with Gasteiger partial charge in [0.15, 0.2) is 0 Å². The van der Waals surface area contributed by atoms with Crippen molar-refractivity contribution in [2.45, 2.75) is 58.5 Å². The molecule has 2 fully saturated rings. The molecule has 0 bridgehead atoms. The highest BCUT2D eigenvalue weighted by Crippen LogP contribution is 2.45. The molecule has 5 nitrogen and oxygen atoms in total. The fourth-order valence-corrected chi connectivity index (χ4v) is 4.13. The van der Waals surface area contributed by atoms with Crippen LogP contribution >= 0.6 is 0 Å². The first-order chi connectivity index (χ1) is 11.9. The average molecular weight is 345 g/mol. The van der Waals surface area contributed by atoms with Gasteiger partial charge in [0.1, 0.15) is 18.5 Å². The molecule has 3 rings (SSSR count). The van der Waals surface area contributed by atoms with Gasteiger partial charge in [-0.15, -0.1) is 0 Å². The van der Waals surface area contributed by atoms with Crippen LogP contribution in [-0.4, -0.2) is 41.1 Å². The molecule has 1 atom stereocenters. The molecule has 1 spiro atoms. The number of para-hydroxylation sites is 1. The third kappa shape index (κ3) is 3.56. The summed E-state index contributed by atoms with van der Waals surface area (Å²) in [5, 5.41) is 10.3. The summed E-state index contributed by atoms with van der Waals surface area (Å²) in [5.41, 5.74) is 1.51. The Morgan fingerprint density at radius 2 is 1.80 bits per heavy atom. The van der Waals surface area contributed by atoms with Crippen LogP contribution in [0.3, 0.4) is 0 Å². The van der Waals surface area contributed by atoms with Gasteiger partial charge in [-0.25, -0.2) is 0 Å². The first-order valence-corrected chi connectivity index (χ1v) is 9.15. The van der Waals surface area contributed by atoms with Crippen LogP contribution < -0.4 is 4.74 Å². The standard InChI is InChI=1S/C20H27NO4/c1-14-7-6-8-15(2)18(14)25-13-16(22)12-21-17(23)11-20(19(21)24)9-4-3-5-10-20/h6-8,16,22H,3-5,9-13H2,1-2H3. The van der Waals surface area contributed by atoms with E-state index in [0.717, 1.165) is 49.0 Å². The largest absolute Gasteiger partial charge is 0.490 e. The fraction of sp³-hybridized carbons (Fsp3) is 0.600. The molecular formula is C20H27NO4. The Hall–Kier alpha value is -1.88. The summed E-state index contributed by atoms with van der Waals surface area (Å²) in [7, 11) is 0. The topological polar surface area (TPSA) is 66.8 Å². The minimum atomic E-state index is -0.884. The number of aliphatic hydroxyl groups excluding tert-OH is 1. The van der Waals surface area contributed by atoms with Crippen LogP contribution in [0.4, 0.5) is 0 Å². The molecule has 1 aromatic carbocycles. The molecule has 2 aliphatic rings. The molecule has 1 saturated carbocycles. The zero-order chi connectivity index (χ0) is 18.0. The Balaban J connectivity index is 1.60. The lowest BCUT2D eigenvalue weighted by molar-refractivity contribution is -0.144. The number of imide groups is 1. The third-order valence-electron chi connectivity index (χ3n) is 5.52. The van der Waals surface area contributed by atoms with Crippen LogP contribution in [0.2, 0.25) is 0 Å². The van der Waals surface area contributed by atoms with E-state index >= 15 is 0 Å². The Bertz CT molecular complexity index is 643. The number of carbonyl (C=O) groups is 2. The zero-order valence-corrected chi connectivity index (χ0v) is 15.1. The number of hydrogen-bond acceptors (Lipinski definition) is 4. The molecule has 25 heavy (non-hydrogen) atoms. The van der Waals surface area contributed by atoms with E-state index in [-0.39, 0.29) is 25.0 Å². The Labute approximate surface area is 149 Å². The molecule has 1 unspecified atom stereocenters. The lowest BCUT2D eigenvalue weighted by atomic mass is 9.73. The highest BCUT2D eigenvalue weighted by atomic mass is 16.5. The zero-order valence-electron chi connectivity index (χ0n) is 15.1. The molecule has 1 aliphatic heterocycles. The lowest BCUT2D eigenvalue weighted by Gasteiger charge is -2.30. The Morgan fingerprint density at radius 3 is 2.44 bits per heavy atom. The molecular weight excluding hydrogens is 318 g/mol. The summed E-state index contributed by atoms with van der Waals surface area (Å²) >= 11 is 0. The van der Waals surface area contributed by atoms with Gasteiger partial charge in [-0.05, 0) is 37.8 Å². The maximum absolute atomic E-state index is 12.8. The van der Waals surface area contributed by atoms with Crippen LogP contribution in [0, 0.1) is 19.3 Å². The van der Waals surface area contributed by atoms with E-state index in [2.05, 4.69) is 0 Å². The van der Waals surface area contributed by atoms with Crippen LogP contribution in [0.15, 0.2) is 18.2 Å². The molecule has 1 saturated heterocycles. The Morgan fingerprint density at radius 1 is 1.16 bits per heavy atom. The Kier molecular flexibility index (Phi) is 5.13. The second kappa shape index (κ2) is 7.16. The van der Waals surface area contributed by atoms with Gasteiger partial charge in [-0.2, -0.15) is 0 Å². The number of hydrogen-bond donors (Lipinski definition) is 1. The van der Waals surface area contributed by atoms with Crippen molar-refractivity contribution in [3.63, 3.8) is 0 Å². The van der Waals surface area contributed by atoms with Gasteiger partial charge in [0.05, 0.1) is 12.0 Å². The average Bonchev–Trinajstić information content (AvgIpc) is 2.79. The number of aliphatic hydroxyl groups is 1. The van der Waals surface area contributed by atoms with Crippen LogP contribution in [-0.2, 0) is 9.59 Å². The number of aryl methyl sites for hydroxylation is 2. The normalized spacial score (nSPS) is 21.0. The van der Waals surface area contributed by atoms with Gasteiger partial charge < -0.3 is 9.84 Å². The number of likely N-dealkylation sites (tertiary alicyclic amines) is 1. The number of β-amino-alcohol motifs (C(OH)–C–C–N with tert-alkyl or cyclic N) is 1. The summed E-state index contributed by atoms with van der Waals surface area (Å²) in [6.07, 6.45) is 4.15. The van der Waals surface area contributed by atoms with E-state index in [1.54, 1.807) is 0 Å². The summed E-state index contributed by atoms with van der Waals surface area (Å²) in [4.78, 5) is 26.3. The van der Waals surface area contributed by atoms with Gasteiger partial charge in [0.2, 0.25) is 11.8 Å². The third-order valence-corrected chi connectivity index (χ3v) is 5.52. The molecule has 1 heterocycles. The van der Waals surface area contributed by atoms with Crippen molar-refractivity contribution in [3.8, 4) is 5.75 Å². The number of nitrogens with zero attached hydrogens (tertiary/aromatic N) is 1. The summed E-state index contributed by atoms with van der Waals surface area (Å²) < 4.78 is 5.75. The minimum Gasteiger partial charge on any atom is -0.490 e. The highest BCUT2D eigenvalue weighted by Gasteiger charge is 2.51. The van der Waals surface area contributed by atoms with Gasteiger partial charge in [-0.3, -0.25) is 14.5 Å². The quantitative estimate of drug-likeness (QED) is 0.833. The second-order valence-electron chi connectivity index (χ2n) is 7.51. The van der Waals surface area contributed by atoms with Gasteiger partial charge in [0, 0.05) is 6.42 Å². The molecule has 2 amide bonds. The van der Waals surface area contributed by atoms with Crippen molar-refractivity contribution in [3.05, 3.63) is 29.3 Å². The van der Waals surface area contributed by atoms with E-state index in [1.807, 2.05) is 32.0 Å². The predicted molar refractivity (Wildman–Crippen MR) is 94.3 cm³/mol. The van der Waals surface area contributed by atoms with Crippen molar-refractivity contribution in [2.24, 2.45) is 5.41 Å². The van der Waals surface area contributed by atoms with Gasteiger partial charge in [-0.1, -0.05) is 37.5 Å². The van der Waals surface area contributed by atoms with E-state index in [4.69, 9.17) is 4.74 Å². The van der Waals surface area contributed by atoms with Crippen molar-refractivity contribution < 1.29 is 19.4 Å². The molecule has 0 radical (unpaired) electrons. The molecule has 0 aromatic heterocycles. The predicted octanol–water partition coefficient (Wildman–Crippen LogP) is 2.75. The minimum absolute atomic E-state index is 0.0182. The number of rotatable bonds is 5. The summed E-state index contributed by atoms with van der Waals surface area (Å²) in [6.45, 7) is 3.99. The number of amides is 2. The first-order valence-electron chi connectivity index (χ1n) is 9.15. The molecule has 1 N–H and O–H groups in total. The molecule has 136 valence electrons. The van der Waals surface area contributed by atoms with Crippen molar-refractivity contribution in [1.82, 2.24) is 4.90 Å². The van der Waals surface area contributed by atoms with E-state index in [0.29, 0.717) is 6.42 Å². The van der Waals surface area contributed by atoms with Crippen molar-refractivity contribution >= 4 is 11.8 Å². The second-order valence-corrected chi connectivity index (χ2v) is 7.51. The summed E-state index contributed by atoms with van der Waals surface area (Å²) in [6, 6.07) is 5.86.